The molecule has 4 atom stereocenters. The van der Waals surface area contributed by atoms with Crippen LogP contribution in [0.25, 0.3) is 0 Å². The lowest BCUT2D eigenvalue weighted by atomic mass is 10.0. The molecule has 0 heterocycles. The summed E-state index contributed by atoms with van der Waals surface area (Å²) in [6, 6.07) is 0.627. The van der Waals surface area contributed by atoms with Gasteiger partial charge in [-0.1, -0.05) is 12.1 Å². The molecule has 1 rings (SSSR count). The largest absolute Gasteiger partial charge is 0.508 e. The summed E-state index contributed by atoms with van der Waals surface area (Å²) in [5.41, 5.74) is 16.6. The zero-order valence-corrected chi connectivity index (χ0v) is 20.4. The number of benzene rings is 1. The maximum absolute atomic E-state index is 13.1. The maximum atomic E-state index is 13.1. The third-order valence-corrected chi connectivity index (χ3v) is 5.42. The summed E-state index contributed by atoms with van der Waals surface area (Å²) in [7, 11) is 0. The van der Waals surface area contributed by atoms with Crippen LogP contribution in [0.1, 0.15) is 37.7 Å². The number of primary amides is 1. The maximum Gasteiger partial charge on any atom is 0.326 e. The van der Waals surface area contributed by atoms with Crippen molar-refractivity contribution in [1.29, 1.82) is 0 Å². The van der Waals surface area contributed by atoms with Crippen molar-refractivity contribution in [2.75, 3.05) is 13.2 Å². The van der Waals surface area contributed by atoms with Gasteiger partial charge in [0.25, 0.3) is 0 Å². The lowest BCUT2D eigenvalue weighted by molar-refractivity contribution is -0.142. The Hall–Kier alpha value is -3.75. The summed E-state index contributed by atoms with van der Waals surface area (Å²) < 4.78 is 0. The van der Waals surface area contributed by atoms with E-state index in [1.165, 1.54) is 24.3 Å². The molecule has 4 unspecified atom stereocenters. The highest BCUT2D eigenvalue weighted by molar-refractivity contribution is 5.94. The number of amides is 4. The summed E-state index contributed by atoms with van der Waals surface area (Å²) in [5.74, 6) is -4.53. The minimum absolute atomic E-state index is 0.0194. The van der Waals surface area contributed by atoms with Gasteiger partial charge in [-0.2, -0.15) is 0 Å². The van der Waals surface area contributed by atoms with E-state index >= 15 is 0 Å². The van der Waals surface area contributed by atoms with E-state index in [-0.39, 0.29) is 31.4 Å². The molecule has 0 aliphatic carbocycles. The Morgan fingerprint density at radius 2 is 1.41 bits per heavy atom. The molecule has 0 aromatic heterocycles. The van der Waals surface area contributed by atoms with Crippen LogP contribution >= 0.6 is 0 Å². The summed E-state index contributed by atoms with van der Waals surface area (Å²) in [6.07, 6.45) is 0.562. The number of aromatic hydroxyl groups is 1. The minimum Gasteiger partial charge on any atom is -0.508 e. The van der Waals surface area contributed by atoms with Gasteiger partial charge in [-0.05, 0) is 49.9 Å². The number of carboxylic acid groups (broad SMARTS) is 1. The van der Waals surface area contributed by atoms with E-state index in [4.69, 9.17) is 22.3 Å². The summed E-state index contributed by atoms with van der Waals surface area (Å²) in [4.78, 5) is 61.2. The van der Waals surface area contributed by atoms with Crippen molar-refractivity contribution in [2.45, 2.75) is 62.7 Å². The van der Waals surface area contributed by atoms with Crippen LogP contribution in [0.15, 0.2) is 24.3 Å². The van der Waals surface area contributed by atoms with Crippen molar-refractivity contribution in [3.8, 4) is 5.75 Å². The van der Waals surface area contributed by atoms with Crippen LogP contribution in [0.3, 0.4) is 0 Å². The zero-order valence-electron chi connectivity index (χ0n) is 20.4. The predicted molar refractivity (Wildman–Crippen MR) is 132 cm³/mol. The van der Waals surface area contributed by atoms with E-state index in [0.29, 0.717) is 24.9 Å². The highest BCUT2D eigenvalue weighted by Crippen LogP contribution is 2.12. The molecule has 1 aromatic rings. The van der Waals surface area contributed by atoms with E-state index < -0.39 is 60.4 Å². The van der Waals surface area contributed by atoms with Gasteiger partial charge in [0.15, 0.2) is 0 Å². The molecule has 0 saturated carbocycles. The van der Waals surface area contributed by atoms with Gasteiger partial charge in [0.05, 0.1) is 6.61 Å². The van der Waals surface area contributed by atoms with Crippen LogP contribution in [0.4, 0.5) is 0 Å². The number of hydrogen-bond acceptors (Lipinski definition) is 9. The Balaban J connectivity index is 3.14. The lowest BCUT2D eigenvalue weighted by Crippen LogP contribution is -2.58. The number of phenolic OH excluding ortho intramolecular Hbond substituents is 1. The first kappa shape index (κ1) is 31.3. The van der Waals surface area contributed by atoms with E-state index in [0.717, 1.165) is 0 Å². The topological polar surface area (TPSA) is 260 Å². The number of aliphatic hydroxyl groups is 1. The molecule has 0 radical (unpaired) electrons. The van der Waals surface area contributed by atoms with E-state index in [1.54, 1.807) is 0 Å². The van der Waals surface area contributed by atoms with Crippen LogP contribution in [-0.4, -0.2) is 82.2 Å². The minimum atomic E-state index is -1.33. The van der Waals surface area contributed by atoms with Crippen LogP contribution in [-0.2, 0) is 30.4 Å². The van der Waals surface area contributed by atoms with Crippen LogP contribution in [0, 0.1) is 0 Å². The predicted octanol–water partition coefficient (Wildman–Crippen LogP) is -2.81. The fourth-order valence-electron chi connectivity index (χ4n) is 3.29. The standard InChI is InChI=1S/C23H36N6O8/c24-10-2-1-3-17(23(36)37)28-22(35)18(11-13-4-6-14(31)7-5-13)29-21(34)16(8-9-19(26)32)27-20(33)15(25)12-30/h4-7,15-18,30-31H,1-3,8-12,24-25H2,(H2,26,32)(H,27,33)(H,28,35)(H,29,34)(H,36,37). The number of carbonyl (C=O) groups is 5. The highest BCUT2D eigenvalue weighted by Gasteiger charge is 2.30. The quantitative estimate of drug-likeness (QED) is 0.0944. The highest BCUT2D eigenvalue weighted by atomic mass is 16.4. The molecule has 14 heteroatoms. The second kappa shape index (κ2) is 16.1. The number of nitrogens with one attached hydrogen (secondary N) is 3. The van der Waals surface area contributed by atoms with E-state index in [9.17, 15) is 34.2 Å². The number of unbranched alkanes of at least 4 members (excludes halogenated alkanes) is 1. The summed E-state index contributed by atoms with van der Waals surface area (Å²) in [6.45, 7) is -0.333. The molecule has 0 fully saturated rings. The Morgan fingerprint density at radius 3 is 1.95 bits per heavy atom. The number of carbonyl (C=O) groups excluding carboxylic acids is 4. The molecular formula is C23H36N6O8. The second-order valence-corrected chi connectivity index (χ2v) is 8.47. The molecule has 37 heavy (non-hydrogen) atoms. The van der Waals surface area contributed by atoms with Gasteiger partial charge in [0.1, 0.15) is 29.9 Å². The SMILES string of the molecule is NCCCCC(NC(=O)C(Cc1ccc(O)cc1)NC(=O)C(CCC(N)=O)NC(=O)C(N)CO)C(=O)O. The number of hydrogen-bond donors (Lipinski definition) is 9. The first-order chi connectivity index (χ1) is 17.5. The Labute approximate surface area is 213 Å². The molecule has 0 aliphatic rings. The van der Waals surface area contributed by atoms with Gasteiger partial charge < -0.3 is 48.5 Å². The molecule has 1 aromatic carbocycles. The average molecular weight is 525 g/mol. The lowest BCUT2D eigenvalue weighted by Gasteiger charge is -2.25. The van der Waals surface area contributed by atoms with Gasteiger partial charge >= 0.3 is 5.97 Å². The molecule has 12 N–H and O–H groups in total. The average Bonchev–Trinajstić information content (AvgIpc) is 2.85. The number of aliphatic carboxylic acids is 1. The van der Waals surface area contributed by atoms with Gasteiger partial charge in [0.2, 0.25) is 23.6 Å². The molecule has 0 spiro atoms. The number of rotatable bonds is 17. The first-order valence-corrected chi connectivity index (χ1v) is 11.7. The molecule has 14 nitrogen and oxygen atoms in total. The van der Waals surface area contributed by atoms with E-state index in [2.05, 4.69) is 16.0 Å². The smallest absolute Gasteiger partial charge is 0.326 e. The van der Waals surface area contributed by atoms with Crippen LogP contribution in [0.2, 0.25) is 0 Å². The second-order valence-electron chi connectivity index (χ2n) is 8.47. The summed E-state index contributed by atoms with van der Waals surface area (Å²) in [5, 5.41) is 35.3. The Morgan fingerprint density at radius 1 is 0.838 bits per heavy atom. The van der Waals surface area contributed by atoms with Gasteiger partial charge in [-0.15, -0.1) is 0 Å². The van der Waals surface area contributed by atoms with Crippen molar-refractivity contribution in [3.63, 3.8) is 0 Å². The Kier molecular flexibility index (Phi) is 13.6. The molecule has 206 valence electrons. The fraction of sp³-hybridized carbons (Fsp3) is 0.522. The van der Waals surface area contributed by atoms with Crippen LogP contribution < -0.4 is 33.2 Å². The van der Waals surface area contributed by atoms with Crippen molar-refractivity contribution < 1.29 is 39.3 Å². The van der Waals surface area contributed by atoms with Crippen molar-refractivity contribution in [2.24, 2.45) is 17.2 Å². The van der Waals surface area contributed by atoms with Crippen molar-refractivity contribution >= 4 is 29.6 Å². The first-order valence-electron chi connectivity index (χ1n) is 11.7. The third-order valence-electron chi connectivity index (χ3n) is 5.42. The number of carboxylic acids is 1. The fourth-order valence-corrected chi connectivity index (χ4v) is 3.29. The number of phenols is 1. The molecule has 0 bridgehead atoms. The van der Waals surface area contributed by atoms with Gasteiger partial charge in [0, 0.05) is 12.8 Å². The molecular weight excluding hydrogens is 488 g/mol. The summed E-state index contributed by atoms with van der Waals surface area (Å²) >= 11 is 0. The number of aliphatic hydroxyl groups excluding tert-OH is 1. The third kappa shape index (κ3) is 11.7. The zero-order chi connectivity index (χ0) is 28.0. The number of nitrogens with two attached hydrogens (primary N) is 3. The van der Waals surface area contributed by atoms with E-state index in [1.807, 2.05) is 0 Å². The van der Waals surface area contributed by atoms with Gasteiger partial charge in [-0.25, -0.2) is 4.79 Å². The van der Waals surface area contributed by atoms with Crippen molar-refractivity contribution in [3.05, 3.63) is 29.8 Å². The van der Waals surface area contributed by atoms with Gasteiger partial charge in [-0.3, -0.25) is 19.2 Å². The molecule has 0 saturated heterocycles. The van der Waals surface area contributed by atoms with Crippen LogP contribution in [0.5, 0.6) is 5.75 Å². The Bertz CT molecular complexity index is 926. The molecule has 0 aliphatic heterocycles. The van der Waals surface area contributed by atoms with Crippen molar-refractivity contribution in [1.82, 2.24) is 16.0 Å². The normalized spacial score (nSPS) is 14.0. The monoisotopic (exact) mass is 524 g/mol. The molecule has 4 amide bonds.